The average Bonchev–Trinajstić information content (AvgIpc) is 3.05. The monoisotopic (exact) mass is 575 g/mol. The van der Waals surface area contributed by atoms with E-state index in [0.717, 1.165) is 33.7 Å². The Bertz CT molecular complexity index is 1500. The number of amides is 1. The lowest BCUT2D eigenvalue weighted by atomic mass is 9.78. The number of carbonyl (C=O) groups excluding carboxylic acids is 1. The highest BCUT2D eigenvalue weighted by Gasteiger charge is 2.22. The van der Waals surface area contributed by atoms with Crippen LogP contribution in [0.1, 0.15) is 91.8 Å². The maximum atomic E-state index is 12.7. The molecule has 3 aromatic carbocycles. The molecule has 43 heavy (non-hydrogen) atoms. The third-order valence-electron chi connectivity index (χ3n) is 8.89. The van der Waals surface area contributed by atoms with Crippen molar-refractivity contribution in [1.29, 1.82) is 0 Å². The van der Waals surface area contributed by atoms with E-state index < -0.39 is 17.9 Å². The van der Waals surface area contributed by atoms with E-state index in [-0.39, 0.29) is 6.42 Å². The maximum absolute atomic E-state index is 12.7. The van der Waals surface area contributed by atoms with Crippen molar-refractivity contribution in [1.82, 2.24) is 15.3 Å². The Hall–Kier alpha value is -4.32. The Morgan fingerprint density at radius 3 is 1.98 bits per heavy atom. The number of hydrogen-bond acceptors (Lipinski definition) is 4. The van der Waals surface area contributed by atoms with Crippen molar-refractivity contribution in [3.63, 3.8) is 0 Å². The molecule has 0 unspecified atom stereocenters. The average molecular weight is 576 g/mol. The molecule has 6 nitrogen and oxygen atoms in total. The van der Waals surface area contributed by atoms with E-state index in [4.69, 9.17) is 0 Å². The van der Waals surface area contributed by atoms with Gasteiger partial charge in [-0.3, -0.25) is 4.79 Å². The lowest BCUT2D eigenvalue weighted by Crippen LogP contribution is -2.42. The van der Waals surface area contributed by atoms with Gasteiger partial charge in [-0.1, -0.05) is 87.9 Å². The van der Waals surface area contributed by atoms with Gasteiger partial charge in [0, 0.05) is 35.5 Å². The smallest absolute Gasteiger partial charge is 0.326 e. The van der Waals surface area contributed by atoms with Crippen molar-refractivity contribution >= 4 is 11.9 Å². The van der Waals surface area contributed by atoms with Crippen molar-refractivity contribution in [2.75, 3.05) is 0 Å². The molecule has 0 saturated heterocycles. The zero-order chi connectivity index (χ0) is 30.3. The van der Waals surface area contributed by atoms with Gasteiger partial charge < -0.3 is 10.4 Å². The van der Waals surface area contributed by atoms with Crippen LogP contribution in [0.25, 0.3) is 22.5 Å². The molecule has 5 rings (SSSR count). The molecule has 1 fully saturated rings. The zero-order valence-corrected chi connectivity index (χ0v) is 25.3. The van der Waals surface area contributed by atoms with Gasteiger partial charge in [-0.15, -0.1) is 0 Å². The summed E-state index contributed by atoms with van der Waals surface area (Å²) in [4.78, 5) is 33.9. The van der Waals surface area contributed by atoms with Gasteiger partial charge in [0.25, 0.3) is 5.91 Å². The normalized spacial score (nSPS) is 17.4. The third-order valence-corrected chi connectivity index (χ3v) is 8.89. The second-order valence-electron chi connectivity index (χ2n) is 12.1. The minimum absolute atomic E-state index is 0.168. The first-order valence-electron chi connectivity index (χ1n) is 15.5. The van der Waals surface area contributed by atoms with Crippen LogP contribution in [0.15, 0.2) is 85.2 Å². The van der Waals surface area contributed by atoms with Gasteiger partial charge in [0.1, 0.15) is 6.04 Å². The summed E-state index contributed by atoms with van der Waals surface area (Å²) < 4.78 is 0. The Kier molecular flexibility index (Phi) is 9.65. The van der Waals surface area contributed by atoms with Crippen molar-refractivity contribution in [2.24, 2.45) is 5.92 Å². The number of carbonyl (C=O) groups is 2. The quantitative estimate of drug-likeness (QED) is 0.200. The van der Waals surface area contributed by atoms with Crippen LogP contribution in [0, 0.1) is 5.92 Å². The van der Waals surface area contributed by atoms with Crippen LogP contribution in [0.5, 0.6) is 0 Å². The molecule has 1 aliphatic carbocycles. The van der Waals surface area contributed by atoms with E-state index in [1.807, 2.05) is 48.8 Å². The van der Waals surface area contributed by atoms with Gasteiger partial charge in [-0.2, -0.15) is 0 Å². The van der Waals surface area contributed by atoms with Crippen LogP contribution in [0.2, 0.25) is 0 Å². The van der Waals surface area contributed by atoms with Crippen LogP contribution in [-0.2, 0) is 11.2 Å². The van der Waals surface area contributed by atoms with Gasteiger partial charge in [0.2, 0.25) is 0 Å². The number of carboxylic acid groups (broad SMARTS) is 1. The fourth-order valence-electron chi connectivity index (χ4n) is 5.96. The highest BCUT2D eigenvalue weighted by Crippen LogP contribution is 2.37. The maximum Gasteiger partial charge on any atom is 0.326 e. The predicted molar refractivity (Wildman–Crippen MR) is 171 cm³/mol. The van der Waals surface area contributed by atoms with Gasteiger partial charge in [-0.05, 0) is 77.8 Å². The Balaban J connectivity index is 1.19. The molecule has 222 valence electrons. The molecule has 1 heterocycles. The number of hydrogen-bond donors (Lipinski definition) is 2. The molecule has 1 amide bonds. The van der Waals surface area contributed by atoms with E-state index >= 15 is 0 Å². The van der Waals surface area contributed by atoms with Crippen LogP contribution in [0.3, 0.4) is 0 Å². The van der Waals surface area contributed by atoms with Crippen LogP contribution in [0.4, 0.5) is 0 Å². The Labute approximate surface area is 254 Å². The molecule has 1 atom stereocenters. The second-order valence-corrected chi connectivity index (χ2v) is 12.1. The fraction of sp³-hybridized carbons (Fsp3) is 0.351. The molecule has 1 aliphatic rings. The van der Waals surface area contributed by atoms with Gasteiger partial charge >= 0.3 is 5.97 Å². The summed E-state index contributed by atoms with van der Waals surface area (Å²) >= 11 is 0. The van der Waals surface area contributed by atoms with Crippen molar-refractivity contribution < 1.29 is 14.7 Å². The largest absolute Gasteiger partial charge is 0.480 e. The van der Waals surface area contributed by atoms with Gasteiger partial charge in [0.05, 0.1) is 0 Å². The van der Waals surface area contributed by atoms with Gasteiger partial charge in [0.15, 0.2) is 5.82 Å². The molecule has 6 heteroatoms. The number of carboxylic acids is 1. The topological polar surface area (TPSA) is 92.2 Å². The first kappa shape index (κ1) is 30.1. The molecular weight excluding hydrogens is 534 g/mol. The number of aliphatic carboxylic acids is 1. The molecule has 0 spiro atoms. The Morgan fingerprint density at radius 1 is 0.814 bits per heavy atom. The number of benzene rings is 3. The number of nitrogens with zero attached hydrogens (tertiary/aromatic N) is 2. The SMILES string of the molecule is CCC1CCC(c2ccc(-c3cnc(-c4ccc(C[C@H](NC(=O)c5ccc(C(C)C)cc5)C(=O)O)cc4)nc3)cc2)CC1. The predicted octanol–water partition coefficient (Wildman–Crippen LogP) is 8.04. The first-order chi connectivity index (χ1) is 20.8. The van der Waals surface area contributed by atoms with E-state index in [0.29, 0.717) is 23.2 Å². The van der Waals surface area contributed by atoms with E-state index in [2.05, 4.69) is 60.3 Å². The van der Waals surface area contributed by atoms with Crippen LogP contribution < -0.4 is 5.32 Å². The van der Waals surface area contributed by atoms with Gasteiger partial charge in [-0.25, -0.2) is 14.8 Å². The number of aromatic nitrogens is 2. The second kappa shape index (κ2) is 13.8. The lowest BCUT2D eigenvalue weighted by molar-refractivity contribution is -0.139. The van der Waals surface area contributed by atoms with E-state index in [1.54, 1.807) is 12.1 Å². The van der Waals surface area contributed by atoms with Crippen LogP contribution in [-0.4, -0.2) is 33.0 Å². The summed E-state index contributed by atoms with van der Waals surface area (Å²) in [7, 11) is 0. The molecule has 1 saturated carbocycles. The highest BCUT2D eigenvalue weighted by atomic mass is 16.4. The summed E-state index contributed by atoms with van der Waals surface area (Å²) in [5.41, 5.74) is 6.71. The minimum atomic E-state index is -1.08. The minimum Gasteiger partial charge on any atom is -0.480 e. The van der Waals surface area contributed by atoms with E-state index in [9.17, 15) is 14.7 Å². The molecular formula is C37H41N3O3. The van der Waals surface area contributed by atoms with Crippen molar-refractivity contribution in [3.8, 4) is 22.5 Å². The number of rotatable bonds is 10. The molecule has 2 N–H and O–H groups in total. The number of nitrogens with one attached hydrogen (secondary N) is 1. The molecule has 0 radical (unpaired) electrons. The Morgan fingerprint density at radius 2 is 1.42 bits per heavy atom. The summed E-state index contributed by atoms with van der Waals surface area (Å²) in [6.45, 7) is 6.47. The molecule has 1 aromatic heterocycles. The first-order valence-corrected chi connectivity index (χ1v) is 15.5. The fourth-order valence-corrected chi connectivity index (χ4v) is 5.96. The third kappa shape index (κ3) is 7.56. The summed E-state index contributed by atoms with van der Waals surface area (Å²) in [6.07, 6.45) is 10.4. The van der Waals surface area contributed by atoms with E-state index in [1.165, 1.54) is 37.7 Å². The van der Waals surface area contributed by atoms with Crippen molar-refractivity contribution in [3.05, 3.63) is 107 Å². The zero-order valence-electron chi connectivity index (χ0n) is 25.3. The lowest BCUT2D eigenvalue weighted by Gasteiger charge is -2.28. The molecule has 0 bridgehead atoms. The summed E-state index contributed by atoms with van der Waals surface area (Å²) in [6, 6.07) is 22.6. The molecule has 4 aromatic rings. The molecule has 0 aliphatic heterocycles. The standard InChI is InChI=1S/C37H41N3O3/c1-4-25-5-9-28(10-6-25)29-15-17-30(18-16-29)33-22-38-35(39-23-33)31-11-7-26(8-12-31)21-34(37(42)43)40-36(41)32-19-13-27(14-20-32)24(2)3/h7-8,11-20,22-25,28,34H,4-6,9-10,21H2,1-3H3,(H,40,41)(H,42,43)/t25?,28?,34-/m0/s1. The van der Waals surface area contributed by atoms with Crippen molar-refractivity contribution in [2.45, 2.75) is 77.2 Å². The summed E-state index contributed by atoms with van der Waals surface area (Å²) in [5, 5.41) is 12.4. The summed E-state index contributed by atoms with van der Waals surface area (Å²) in [5.74, 6) is 1.05. The van der Waals surface area contributed by atoms with Crippen LogP contribution >= 0.6 is 0 Å². The highest BCUT2D eigenvalue weighted by molar-refractivity contribution is 5.96.